The Morgan fingerprint density at radius 3 is 2.91 bits per heavy atom. The highest BCUT2D eigenvalue weighted by Crippen LogP contribution is 2.26. The van der Waals surface area contributed by atoms with Crippen molar-refractivity contribution in [2.75, 3.05) is 23.3 Å². The van der Waals surface area contributed by atoms with E-state index in [2.05, 4.69) is 62.1 Å². The van der Waals surface area contributed by atoms with E-state index in [9.17, 15) is 0 Å². The van der Waals surface area contributed by atoms with Crippen molar-refractivity contribution >= 4 is 33.3 Å². The van der Waals surface area contributed by atoms with E-state index >= 15 is 0 Å². The van der Waals surface area contributed by atoms with E-state index in [1.807, 2.05) is 12.1 Å². The maximum absolute atomic E-state index is 4.44. The van der Waals surface area contributed by atoms with Gasteiger partial charge in [-0.1, -0.05) is 22.9 Å². The van der Waals surface area contributed by atoms with Crippen molar-refractivity contribution in [1.29, 1.82) is 0 Å². The molecule has 0 saturated carbocycles. The second kappa shape index (κ2) is 6.65. The summed E-state index contributed by atoms with van der Waals surface area (Å²) >= 11 is 3.49. The summed E-state index contributed by atoms with van der Waals surface area (Å²) in [5.74, 6) is 2.58. The smallest absolute Gasteiger partial charge is 0.135 e. The summed E-state index contributed by atoms with van der Waals surface area (Å²) in [4.78, 5) is 11.2. The molecular weight excluding hydrogens is 340 g/mol. The van der Waals surface area contributed by atoms with Gasteiger partial charge in [0.1, 0.15) is 18.0 Å². The van der Waals surface area contributed by atoms with Crippen LogP contribution in [-0.2, 0) is 0 Å². The van der Waals surface area contributed by atoms with Gasteiger partial charge >= 0.3 is 0 Å². The number of halogens is 1. The van der Waals surface area contributed by atoms with E-state index in [0.717, 1.165) is 40.8 Å². The molecule has 0 radical (unpaired) electrons. The third-order valence-electron chi connectivity index (χ3n) is 4.08. The highest BCUT2D eigenvalue weighted by Gasteiger charge is 2.18. The van der Waals surface area contributed by atoms with Gasteiger partial charge < -0.3 is 10.2 Å². The molecule has 0 amide bonds. The van der Waals surface area contributed by atoms with Crippen LogP contribution in [0.2, 0.25) is 0 Å². The number of rotatable bonds is 3. The lowest BCUT2D eigenvalue weighted by Crippen LogP contribution is -2.34. The number of aryl methyl sites for hydroxylation is 1. The van der Waals surface area contributed by atoms with Crippen molar-refractivity contribution < 1.29 is 0 Å². The van der Waals surface area contributed by atoms with Crippen LogP contribution in [0.1, 0.15) is 25.3 Å². The van der Waals surface area contributed by atoms with Crippen molar-refractivity contribution in [3.63, 3.8) is 0 Å². The van der Waals surface area contributed by atoms with Gasteiger partial charge in [0.05, 0.1) is 0 Å². The molecule has 0 spiro atoms. The average molecular weight is 361 g/mol. The van der Waals surface area contributed by atoms with Crippen LogP contribution in [-0.4, -0.2) is 23.1 Å². The zero-order valence-corrected chi connectivity index (χ0v) is 14.6. The summed E-state index contributed by atoms with van der Waals surface area (Å²) in [5.41, 5.74) is 2.25. The molecule has 2 heterocycles. The van der Waals surface area contributed by atoms with Gasteiger partial charge in [0.2, 0.25) is 0 Å². The molecule has 1 aliphatic rings. The quantitative estimate of drug-likeness (QED) is 0.872. The second-order valence-corrected chi connectivity index (χ2v) is 6.95. The molecular formula is C17H21BrN4. The van der Waals surface area contributed by atoms with E-state index in [1.54, 1.807) is 6.33 Å². The van der Waals surface area contributed by atoms with Crippen molar-refractivity contribution in [2.24, 2.45) is 5.92 Å². The summed E-state index contributed by atoms with van der Waals surface area (Å²) in [6.45, 7) is 6.55. The van der Waals surface area contributed by atoms with Crippen molar-refractivity contribution in [2.45, 2.75) is 26.7 Å². The third-order valence-corrected chi connectivity index (χ3v) is 4.58. The van der Waals surface area contributed by atoms with E-state index in [-0.39, 0.29) is 0 Å². The van der Waals surface area contributed by atoms with Gasteiger partial charge in [-0.3, -0.25) is 0 Å². The van der Waals surface area contributed by atoms with Gasteiger partial charge in [-0.2, -0.15) is 0 Å². The normalized spacial score (nSPS) is 18.3. The second-order valence-electron chi connectivity index (χ2n) is 6.04. The first-order valence-electron chi connectivity index (χ1n) is 7.72. The van der Waals surface area contributed by atoms with Crippen LogP contribution in [0.4, 0.5) is 17.3 Å². The minimum absolute atomic E-state index is 0.730. The lowest BCUT2D eigenvalue weighted by Gasteiger charge is -2.31. The topological polar surface area (TPSA) is 41.0 Å². The van der Waals surface area contributed by atoms with Gasteiger partial charge in [-0.15, -0.1) is 0 Å². The molecule has 1 aliphatic heterocycles. The minimum atomic E-state index is 0.730. The highest BCUT2D eigenvalue weighted by atomic mass is 79.9. The maximum atomic E-state index is 4.44. The fourth-order valence-electron chi connectivity index (χ4n) is 2.89. The Bertz CT molecular complexity index is 659. The number of nitrogens with one attached hydrogen (secondary N) is 1. The number of hydrogen-bond donors (Lipinski definition) is 1. The Labute approximate surface area is 140 Å². The molecule has 5 heteroatoms. The molecule has 1 aromatic heterocycles. The number of aromatic nitrogens is 2. The maximum Gasteiger partial charge on any atom is 0.135 e. The molecule has 1 saturated heterocycles. The fourth-order valence-corrected chi connectivity index (χ4v) is 3.37. The first kappa shape index (κ1) is 15.3. The molecule has 1 N–H and O–H groups in total. The van der Waals surface area contributed by atoms with Gasteiger partial charge in [-0.05, 0) is 49.4 Å². The summed E-state index contributed by atoms with van der Waals surface area (Å²) in [6, 6.07) is 8.23. The Morgan fingerprint density at radius 1 is 1.27 bits per heavy atom. The van der Waals surface area contributed by atoms with Crippen molar-refractivity contribution in [3.05, 3.63) is 40.6 Å². The van der Waals surface area contributed by atoms with E-state index in [0.29, 0.717) is 0 Å². The van der Waals surface area contributed by atoms with Gasteiger partial charge in [0.15, 0.2) is 0 Å². The summed E-state index contributed by atoms with van der Waals surface area (Å²) in [6.07, 6.45) is 4.19. The molecule has 0 aliphatic carbocycles. The minimum Gasteiger partial charge on any atom is -0.356 e. The van der Waals surface area contributed by atoms with Crippen LogP contribution in [0.3, 0.4) is 0 Å². The lowest BCUT2D eigenvalue weighted by atomic mass is 10.0. The molecule has 1 fully saturated rings. The van der Waals surface area contributed by atoms with E-state index in [1.165, 1.54) is 18.4 Å². The van der Waals surface area contributed by atoms with Crippen LogP contribution in [0.15, 0.2) is 35.1 Å². The average Bonchev–Trinajstić information content (AvgIpc) is 2.50. The Kier molecular flexibility index (Phi) is 4.62. The first-order valence-corrected chi connectivity index (χ1v) is 8.51. The summed E-state index contributed by atoms with van der Waals surface area (Å²) in [5, 5.41) is 3.39. The van der Waals surface area contributed by atoms with Crippen LogP contribution >= 0.6 is 15.9 Å². The summed E-state index contributed by atoms with van der Waals surface area (Å²) in [7, 11) is 0. The predicted octanol–water partition coefficient (Wildman–Crippen LogP) is 4.53. The molecule has 4 nitrogen and oxygen atoms in total. The highest BCUT2D eigenvalue weighted by molar-refractivity contribution is 9.10. The Hall–Kier alpha value is -1.62. The Morgan fingerprint density at radius 2 is 2.14 bits per heavy atom. The zero-order valence-electron chi connectivity index (χ0n) is 13.0. The van der Waals surface area contributed by atoms with Crippen LogP contribution < -0.4 is 10.2 Å². The Balaban J connectivity index is 1.79. The predicted molar refractivity (Wildman–Crippen MR) is 94.8 cm³/mol. The molecule has 1 aromatic carbocycles. The number of nitrogens with zero attached hydrogens (tertiary/aromatic N) is 3. The number of piperidine rings is 1. The van der Waals surface area contributed by atoms with Crippen molar-refractivity contribution in [3.8, 4) is 0 Å². The van der Waals surface area contributed by atoms with Gasteiger partial charge in [0, 0.05) is 29.3 Å². The fraction of sp³-hybridized carbons (Fsp3) is 0.412. The standard InChI is InChI=1S/C17H21BrN4/c1-12-4-3-7-22(10-12)17-9-16(19-11-20-17)21-15-6-5-14(18)8-13(15)2/h5-6,8-9,11-12H,3-4,7,10H2,1-2H3,(H,19,20,21). The molecule has 1 unspecified atom stereocenters. The zero-order chi connectivity index (χ0) is 15.5. The van der Waals surface area contributed by atoms with Crippen LogP contribution in [0.25, 0.3) is 0 Å². The van der Waals surface area contributed by atoms with Crippen LogP contribution in [0, 0.1) is 12.8 Å². The molecule has 116 valence electrons. The van der Waals surface area contributed by atoms with E-state index in [4.69, 9.17) is 0 Å². The van der Waals surface area contributed by atoms with Crippen molar-refractivity contribution in [1.82, 2.24) is 9.97 Å². The number of hydrogen-bond acceptors (Lipinski definition) is 4. The number of anilines is 3. The molecule has 2 aromatic rings. The van der Waals surface area contributed by atoms with Gasteiger partial charge in [0.25, 0.3) is 0 Å². The molecule has 22 heavy (non-hydrogen) atoms. The third kappa shape index (κ3) is 3.58. The lowest BCUT2D eigenvalue weighted by molar-refractivity contribution is 0.444. The van der Waals surface area contributed by atoms with Gasteiger partial charge in [-0.25, -0.2) is 9.97 Å². The molecule has 1 atom stereocenters. The number of benzene rings is 1. The molecule has 3 rings (SSSR count). The largest absolute Gasteiger partial charge is 0.356 e. The molecule has 0 bridgehead atoms. The van der Waals surface area contributed by atoms with Crippen LogP contribution in [0.5, 0.6) is 0 Å². The monoisotopic (exact) mass is 360 g/mol. The first-order chi connectivity index (χ1) is 10.6. The SMILES string of the molecule is Cc1cc(Br)ccc1Nc1cc(N2CCCC(C)C2)ncn1. The van der Waals surface area contributed by atoms with E-state index < -0.39 is 0 Å². The summed E-state index contributed by atoms with van der Waals surface area (Å²) < 4.78 is 1.08.